The summed E-state index contributed by atoms with van der Waals surface area (Å²) in [4.78, 5) is 16.8. The van der Waals surface area contributed by atoms with E-state index in [9.17, 15) is 4.79 Å². The van der Waals surface area contributed by atoms with Crippen LogP contribution in [-0.4, -0.2) is 49.5 Å². The van der Waals surface area contributed by atoms with Crippen molar-refractivity contribution >= 4 is 5.91 Å². The minimum atomic E-state index is -0.263. The molecule has 1 aliphatic rings. The lowest BCUT2D eigenvalue weighted by Crippen LogP contribution is -2.40. The molecule has 25 heavy (non-hydrogen) atoms. The molecule has 0 aromatic carbocycles. The molecule has 1 aliphatic heterocycles. The Labute approximate surface area is 145 Å². The Balaban J connectivity index is 1.69. The molecule has 2 aromatic heterocycles. The topological polar surface area (TPSA) is 95.7 Å². The summed E-state index contributed by atoms with van der Waals surface area (Å²) < 4.78 is 21.0. The van der Waals surface area contributed by atoms with Gasteiger partial charge in [0.05, 0.1) is 39.2 Å². The summed E-state index contributed by atoms with van der Waals surface area (Å²) in [5.74, 6) is 1.25. The van der Waals surface area contributed by atoms with E-state index in [2.05, 4.69) is 15.5 Å². The number of hydrogen-bond donors (Lipinski definition) is 1. The average Bonchev–Trinajstić information content (AvgIpc) is 3.23. The first-order chi connectivity index (χ1) is 12.1. The van der Waals surface area contributed by atoms with E-state index >= 15 is 0 Å². The van der Waals surface area contributed by atoms with Gasteiger partial charge in [-0.15, -0.1) is 0 Å². The second kappa shape index (κ2) is 7.52. The molecule has 0 unspecified atom stereocenters. The molecule has 1 fully saturated rings. The molecule has 2 aromatic rings. The molecule has 0 spiro atoms. The van der Waals surface area contributed by atoms with Gasteiger partial charge in [0.15, 0.2) is 0 Å². The predicted octanol–water partition coefficient (Wildman–Crippen LogP) is 1.38. The van der Waals surface area contributed by atoms with Gasteiger partial charge < -0.3 is 24.1 Å². The fourth-order valence-corrected chi connectivity index (χ4v) is 2.84. The molecule has 0 saturated carbocycles. The lowest BCUT2D eigenvalue weighted by molar-refractivity contribution is 0.0920. The van der Waals surface area contributed by atoms with Crippen LogP contribution in [-0.2, 0) is 11.2 Å². The van der Waals surface area contributed by atoms with E-state index in [1.165, 1.54) is 14.2 Å². The van der Waals surface area contributed by atoms with Gasteiger partial charge in [0.1, 0.15) is 11.3 Å². The van der Waals surface area contributed by atoms with Crippen molar-refractivity contribution in [2.75, 3.05) is 27.4 Å². The fourth-order valence-electron chi connectivity index (χ4n) is 2.84. The van der Waals surface area contributed by atoms with Crippen LogP contribution in [0.5, 0.6) is 11.8 Å². The third kappa shape index (κ3) is 3.90. The normalized spacial score (nSPS) is 19.6. The lowest BCUT2D eigenvalue weighted by atomic mass is 9.98. The van der Waals surface area contributed by atoms with Crippen molar-refractivity contribution in [2.24, 2.45) is 5.92 Å². The smallest absolute Gasteiger partial charge is 0.257 e. The molecule has 8 nitrogen and oxygen atoms in total. The van der Waals surface area contributed by atoms with Gasteiger partial charge >= 0.3 is 0 Å². The zero-order valence-corrected chi connectivity index (χ0v) is 14.4. The van der Waals surface area contributed by atoms with Crippen LogP contribution in [0.25, 0.3) is 0 Å². The Kier molecular flexibility index (Phi) is 5.18. The van der Waals surface area contributed by atoms with Crippen molar-refractivity contribution in [1.29, 1.82) is 0 Å². The summed E-state index contributed by atoms with van der Waals surface area (Å²) in [5.41, 5.74) is 1.19. The molecule has 0 aliphatic carbocycles. The van der Waals surface area contributed by atoms with E-state index in [0.717, 1.165) is 11.5 Å². The monoisotopic (exact) mass is 347 g/mol. The number of pyridine rings is 1. The number of nitrogens with one attached hydrogen (secondary N) is 1. The highest BCUT2D eigenvalue weighted by Crippen LogP contribution is 2.23. The minimum absolute atomic E-state index is 0.119. The maximum atomic E-state index is 12.6. The SMILES string of the molecule is COc1ccc(C(=O)N[C@H]2COC[C@H]2Cc2cc(C)no2)c(OC)n1. The van der Waals surface area contributed by atoms with E-state index in [-0.39, 0.29) is 23.7 Å². The number of rotatable bonds is 6. The van der Waals surface area contributed by atoms with Crippen molar-refractivity contribution in [1.82, 2.24) is 15.5 Å². The van der Waals surface area contributed by atoms with E-state index < -0.39 is 0 Å². The molecule has 1 saturated heterocycles. The second-order valence-electron chi connectivity index (χ2n) is 5.93. The number of carbonyl (C=O) groups excluding carboxylic acids is 1. The molecule has 2 atom stereocenters. The molecule has 134 valence electrons. The van der Waals surface area contributed by atoms with E-state index in [1.54, 1.807) is 12.1 Å². The number of nitrogens with zero attached hydrogens (tertiary/aromatic N) is 2. The zero-order valence-electron chi connectivity index (χ0n) is 14.4. The Morgan fingerprint density at radius 1 is 1.32 bits per heavy atom. The summed E-state index contributed by atoms with van der Waals surface area (Å²) in [6.45, 7) is 2.89. The highest BCUT2D eigenvalue weighted by atomic mass is 16.5. The molecule has 0 radical (unpaired) electrons. The summed E-state index contributed by atoms with van der Waals surface area (Å²) in [6.07, 6.45) is 0.657. The van der Waals surface area contributed by atoms with Crippen molar-refractivity contribution in [3.8, 4) is 11.8 Å². The molecule has 1 amide bonds. The Hall–Kier alpha value is -2.61. The number of carbonyl (C=O) groups is 1. The third-order valence-electron chi connectivity index (χ3n) is 4.14. The maximum absolute atomic E-state index is 12.6. The average molecular weight is 347 g/mol. The molecular formula is C17H21N3O5. The van der Waals surface area contributed by atoms with Gasteiger partial charge in [-0.25, -0.2) is 0 Å². The predicted molar refractivity (Wildman–Crippen MR) is 87.8 cm³/mol. The summed E-state index contributed by atoms with van der Waals surface area (Å²) in [7, 11) is 2.97. The Bertz CT molecular complexity index is 746. The van der Waals surface area contributed by atoms with Gasteiger partial charge in [-0.05, 0) is 13.0 Å². The van der Waals surface area contributed by atoms with Crippen LogP contribution >= 0.6 is 0 Å². The zero-order chi connectivity index (χ0) is 17.8. The second-order valence-corrected chi connectivity index (χ2v) is 5.93. The van der Waals surface area contributed by atoms with Crippen LogP contribution in [0.3, 0.4) is 0 Å². The number of aryl methyl sites for hydroxylation is 1. The van der Waals surface area contributed by atoms with E-state index in [1.807, 2.05) is 13.0 Å². The number of ether oxygens (including phenoxy) is 3. The van der Waals surface area contributed by atoms with E-state index in [0.29, 0.717) is 31.1 Å². The summed E-state index contributed by atoms with van der Waals surface area (Å²) >= 11 is 0. The Morgan fingerprint density at radius 3 is 2.84 bits per heavy atom. The van der Waals surface area contributed by atoms with Crippen molar-refractivity contribution in [2.45, 2.75) is 19.4 Å². The van der Waals surface area contributed by atoms with Gasteiger partial charge in [0.2, 0.25) is 11.8 Å². The van der Waals surface area contributed by atoms with Crippen LogP contribution in [0.1, 0.15) is 21.8 Å². The van der Waals surface area contributed by atoms with Crippen LogP contribution in [0.15, 0.2) is 22.7 Å². The molecule has 3 heterocycles. The number of hydrogen-bond acceptors (Lipinski definition) is 7. The van der Waals surface area contributed by atoms with Crippen molar-refractivity contribution < 1.29 is 23.5 Å². The highest BCUT2D eigenvalue weighted by molar-refractivity contribution is 5.96. The lowest BCUT2D eigenvalue weighted by Gasteiger charge is -2.18. The van der Waals surface area contributed by atoms with Crippen LogP contribution in [0.4, 0.5) is 0 Å². The molecule has 0 bridgehead atoms. The molecule has 3 rings (SSSR count). The van der Waals surface area contributed by atoms with E-state index in [4.69, 9.17) is 18.7 Å². The third-order valence-corrected chi connectivity index (χ3v) is 4.14. The van der Waals surface area contributed by atoms with Crippen molar-refractivity contribution in [3.05, 3.63) is 35.2 Å². The summed E-state index contributed by atoms with van der Waals surface area (Å²) in [6, 6.07) is 5.03. The van der Waals surface area contributed by atoms with Gasteiger partial charge in [-0.1, -0.05) is 5.16 Å². The molecule has 8 heteroatoms. The number of amides is 1. The largest absolute Gasteiger partial charge is 0.481 e. The minimum Gasteiger partial charge on any atom is -0.481 e. The standard InChI is InChI=1S/C17H21N3O5/c1-10-6-12(25-20-10)7-11-8-24-9-14(11)18-16(21)13-4-5-15(22-2)19-17(13)23-3/h4-6,11,14H,7-9H2,1-3H3,(H,18,21)/t11-,14+/m1/s1. The van der Waals surface area contributed by atoms with Gasteiger partial charge in [-0.3, -0.25) is 4.79 Å². The molecule has 1 N–H and O–H groups in total. The van der Waals surface area contributed by atoms with Crippen LogP contribution in [0.2, 0.25) is 0 Å². The Morgan fingerprint density at radius 2 is 2.16 bits per heavy atom. The molecular weight excluding hydrogens is 326 g/mol. The maximum Gasteiger partial charge on any atom is 0.257 e. The highest BCUT2D eigenvalue weighted by Gasteiger charge is 2.31. The first-order valence-corrected chi connectivity index (χ1v) is 8.00. The first kappa shape index (κ1) is 17.2. The van der Waals surface area contributed by atoms with Crippen LogP contribution in [0, 0.1) is 12.8 Å². The van der Waals surface area contributed by atoms with Gasteiger partial charge in [0.25, 0.3) is 5.91 Å². The first-order valence-electron chi connectivity index (χ1n) is 8.00. The number of methoxy groups -OCH3 is 2. The number of aromatic nitrogens is 2. The van der Waals surface area contributed by atoms with Crippen LogP contribution < -0.4 is 14.8 Å². The quantitative estimate of drug-likeness (QED) is 0.843. The van der Waals surface area contributed by atoms with Crippen molar-refractivity contribution in [3.63, 3.8) is 0 Å². The summed E-state index contributed by atoms with van der Waals surface area (Å²) in [5, 5.41) is 6.89. The fraction of sp³-hybridized carbons (Fsp3) is 0.471. The van der Waals surface area contributed by atoms with Gasteiger partial charge in [0, 0.05) is 24.5 Å². The van der Waals surface area contributed by atoms with Gasteiger partial charge in [-0.2, -0.15) is 4.98 Å².